The Morgan fingerprint density at radius 1 is 1.25 bits per heavy atom. The Morgan fingerprint density at radius 3 is 2.79 bits per heavy atom. The highest BCUT2D eigenvalue weighted by atomic mass is 16.5. The average molecular weight is 324 g/mol. The van der Waals surface area contributed by atoms with E-state index in [0.717, 1.165) is 5.56 Å². The maximum absolute atomic E-state index is 12.5. The molecule has 0 aliphatic carbocycles. The van der Waals surface area contributed by atoms with Crippen molar-refractivity contribution >= 4 is 16.9 Å². The number of rotatable bonds is 5. The summed E-state index contributed by atoms with van der Waals surface area (Å²) in [6.45, 7) is 2.59. The Morgan fingerprint density at radius 2 is 2.04 bits per heavy atom. The zero-order valence-electron chi connectivity index (χ0n) is 13.1. The molecule has 0 unspecified atom stereocenters. The van der Waals surface area contributed by atoms with Crippen molar-refractivity contribution in [2.75, 3.05) is 6.61 Å². The maximum atomic E-state index is 12.5. The molecular weight excluding hydrogens is 308 g/mol. The molecule has 0 saturated heterocycles. The summed E-state index contributed by atoms with van der Waals surface area (Å²) in [6.07, 6.45) is 4.68. The monoisotopic (exact) mass is 324 g/mol. The molecule has 0 fully saturated rings. The smallest absolute Gasteiger partial charge is 0.257 e. The van der Waals surface area contributed by atoms with Crippen LogP contribution in [0.15, 0.2) is 47.7 Å². The molecule has 0 spiro atoms. The zero-order valence-corrected chi connectivity index (χ0v) is 13.1. The molecule has 0 saturated carbocycles. The first-order valence-corrected chi connectivity index (χ1v) is 7.51. The van der Waals surface area contributed by atoms with E-state index >= 15 is 0 Å². The molecule has 0 aliphatic rings. The lowest BCUT2D eigenvalue weighted by atomic mass is 10.2. The van der Waals surface area contributed by atoms with Crippen molar-refractivity contribution in [3.05, 3.63) is 64.2 Å². The molecule has 3 aromatic rings. The molecule has 7 nitrogen and oxygen atoms in total. The number of aromatic amines is 1. The number of nitrogens with zero attached hydrogens (tertiary/aromatic N) is 2. The largest absolute Gasteiger partial charge is 0.478 e. The van der Waals surface area contributed by atoms with E-state index in [1.54, 1.807) is 36.7 Å². The summed E-state index contributed by atoms with van der Waals surface area (Å²) in [5, 5.41) is 2.71. The highest BCUT2D eigenvalue weighted by molar-refractivity contribution is 5.96. The summed E-state index contributed by atoms with van der Waals surface area (Å²) >= 11 is 0. The van der Waals surface area contributed by atoms with Crippen molar-refractivity contribution in [2.24, 2.45) is 0 Å². The van der Waals surface area contributed by atoms with Crippen molar-refractivity contribution in [1.82, 2.24) is 20.3 Å². The Bertz CT molecular complexity index is 922. The molecular formula is C17H16N4O3. The van der Waals surface area contributed by atoms with E-state index in [-0.39, 0.29) is 11.1 Å². The minimum atomic E-state index is -0.460. The summed E-state index contributed by atoms with van der Waals surface area (Å²) in [5.74, 6) is -0.108. The third-order valence-corrected chi connectivity index (χ3v) is 3.44. The molecule has 3 rings (SSSR count). The SMILES string of the molecule is CCOc1ccc2[nH]cc(C(=O)NCc3ccncc3)c(=O)c2n1. The fraction of sp³-hybridized carbons (Fsp3) is 0.176. The van der Waals surface area contributed by atoms with Gasteiger partial charge in [0.2, 0.25) is 11.3 Å². The lowest BCUT2D eigenvalue weighted by Gasteiger charge is -2.07. The summed E-state index contributed by atoms with van der Waals surface area (Å²) in [6, 6.07) is 6.96. The first-order chi connectivity index (χ1) is 11.7. The van der Waals surface area contributed by atoms with Crippen LogP contribution in [0.2, 0.25) is 0 Å². The van der Waals surface area contributed by atoms with Crippen LogP contribution in [-0.2, 0) is 6.54 Å². The van der Waals surface area contributed by atoms with E-state index in [9.17, 15) is 9.59 Å². The number of amides is 1. The third kappa shape index (κ3) is 3.24. The van der Waals surface area contributed by atoms with Gasteiger partial charge in [-0.2, -0.15) is 0 Å². The topological polar surface area (TPSA) is 97.0 Å². The van der Waals surface area contributed by atoms with E-state index in [4.69, 9.17) is 4.74 Å². The quantitative estimate of drug-likeness (QED) is 0.744. The lowest BCUT2D eigenvalue weighted by Crippen LogP contribution is -2.28. The van der Waals surface area contributed by atoms with Gasteiger partial charge >= 0.3 is 0 Å². The van der Waals surface area contributed by atoms with Gasteiger partial charge in [0, 0.05) is 31.2 Å². The first-order valence-electron chi connectivity index (χ1n) is 7.51. The van der Waals surface area contributed by atoms with Gasteiger partial charge in [0.05, 0.1) is 12.1 Å². The first kappa shape index (κ1) is 15.7. The number of hydrogen-bond donors (Lipinski definition) is 2. The van der Waals surface area contributed by atoms with Gasteiger partial charge in [0.25, 0.3) is 5.91 Å². The number of ether oxygens (including phenoxy) is 1. The maximum Gasteiger partial charge on any atom is 0.257 e. The number of fused-ring (bicyclic) bond motifs is 1. The molecule has 0 aromatic carbocycles. The van der Waals surface area contributed by atoms with Crippen LogP contribution in [0.4, 0.5) is 0 Å². The van der Waals surface area contributed by atoms with Crippen LogP contribution in [0.1, 0.15) is 22.8 Å². The molecule has 24 heavy (non-hydrogen) atoms. The standard InChI is InChI=1S/C17H16N4O3/c1-2-24-14-4-3-13-15(21-14)16(22)12(10-19-13)17(23)20-9-11-5-7-18-8-6-11/h3-8,10H,2,9H2,1H3,(H,19,22)(H,20,23). The van der Waals surface area contributed by atoms with Gasteiger partial charge < -0.3 is 15.0 Å². The van der Waals surface area contributed by atoms with Crippen LogP contribution in [-0.4, -0.2) is 27.5 Å². The average Bonchev–Trinajstić information content (AvgIpc) is 2.61. The second kappa shape index (κ2) is 6.91. The Labute approximate surface area is 137 Å². The molecule has 0 aliphatic heterocycles. The van der Waals surface area contributed by atoms with Crippen molar-refractivity contribution in [2.45, 2.75) is 13.5 Å². The summed E-state index contributed by atoms with van der Waals surface area (Å²) in [7, 11) is 0. The fourth-order valence-corrected chi connectivity index (χ4v) is 2.25. The molecule has 122 valence electrons. The summed E-state index contributed by atoms with van der Waals surface area (Å²) in [4.78, 5) is 35.8. The predicted molar refractivity (Wildman–Crippen MR) is 88.9 cm³/mol. The van der Waals surface area contributed by atoms with Crippen LogP contribution >= 0.6 is 0 Å². The minimum absolute atomic E-state index is 0.0118. The molecule has 2 N–H and O–H groups in total. The number of carbonyl (C=O) groups is 1. The number of aromatic nitrogens is 3. The Kier molecular flexibility index (Phi) is 4.51. The number of pyridine rings is 3. The molecule has 3 aromatic heterocycles. The number of H-pyrrole nitrogens is 1. The minimum Gasteiger partial charge on any atom is -0.478 e. The van der Waals surface area contributed by atoms with Gasteiger partial charge in [0.15, 0.2) is 0 Å². The number of carbonyl (C=O) groups excluding carboxylic acids is 1. The van der Waals surface area contributed by atoms with Crippen LogP contribution in [0.5, 0.6) is 5.88 Å². The number of hydrogen-bond acceptors (Lipinski definition) is 5. The van der Waals surface area contributed by atoms with E-state index < -0.39 is 11.3 Å². The van der Waals surface area contributed by atoms with Gasteiger partial charge in [0.1, 0.15) is 11.1 Å². The molecule has 0 bridgehead atoms. The van der Waals surface area contributed by atoms with Crippen molar-refractivity contribution in [3.8, 4) is 5.88 Å². The van der Waals surface area contributed by atoms with Gasteiger partial charge in [-0.15, -0.1) is 0 Å². The predicted octanol–water partition coefficient (Wildman–Crippen LogP) is 1.65. The Balaban J connectivity index is 1.87. The van der Waals surface area contributed by atoms with Crippen LogP contribution in [0, 0.1) is 0 Å². The summed E-state index contributed by atoms with van der Waals surface area (Å²) in [5.41, 5.74) is 1.20. The Hall–Kier alpha value is -3.22. The van der Waals surface area contributed by atoms with Crippen LogP contribution < -0.4 is 15.5 Å². The normalized spacial score (nSPS) is 10.5. The second-order valence-corrected chi connectivity index (χ2v) is 5.05. The molecule has 0 radical (unpaired) electrons. The van der Waals surface area contributed by atoms with Crippen LogP contribution in [0.3, 0.4) is 0 Å². The highest BCUT2D eigenvalue weighted by Crippen LogP contribution is 2.12. The van der Waals surface area contributed by atoms with Gasteiger partial charge in [-0.25, -0.2) is 4.98 Å². The molecule has 0 atom stereocenters. The zero-order chi connectivity index (χ0) is 16.9. The fourth-order valence-electron chi connectivity index (χ4n) is 2.25. The molecule has 3 heterocycles. The number of nitrogens with one attached hydrogen (secondary N) is 2. The van der Waals surface area contributed by atoms with E-state index in [1.807, 2.05) is 6.92 Å². The van der Waals surface area contributed by atoms with Crippen molar-refractivity contribution in [3.63, 3.8) is 0 Å². The second-order valence-electron chi connectivity index (χ2n) is 5.05. The van der Waals surface area contributed by atoms with E-state index in [2.05, 4.69) is 20.3 Å². The van der Waals surface area contributed by atoms with Gasteiger partial charge in [-0.05, 0) is 30.7 Å². The van der Waals surface area contributed by atoms with E-state index in [0.29, 0.717) is 24.5 Å². The molecule has 1 amide bonds. The summed E-state index contributed by atoms with van der Waals surface area (Å²) < 4.78 is 5.30. The van der Waals surface area contributed by atoms with Gasteiger partial charge in [-0.3, -0.25) is 14.6 Å². The van der Waals surface area contributed by atoms with Crippen molar-refractivity contribution in [1.29, 1.82) is 0 Å². The highest BCUT2D eigenvalue weighted by Gasteiger charge is 2.14. The van der Waals surface area contributed by atoms with E-state index in [1.165, 1.54) is 6.20 Å². The van der Waals surface area contributed by atoms with Gasteiger partial charge in [-0.1, -0.05) is 0 Å². The lowest BCUT2D eigenvalue weighted by molar-refractivity contribution is 0.0949. The third-order valence-electron chi connectivity index (χ3n) is 3.44. The van der Waals surface area contributed by atoms with Crippen molar-refractivity contribution < 1.29 is 9.53 Å². The molecule has 7 heteroatoms. The van der Waals surface area contributed by atoms with Crippen LogP contribution in [0.25, 0.3) is 11.0 Å².